The van der Waals surface area contributed by atoms with E-state index in [-0.39, 0.29) is 6.03 Å². The monoisotopic (exact) mass is 278 g/mol. The van der Waals surface area contributed by atoms with Gasteiger partial charge in [0.25, 0.3) is 0 Å². The molecule has 114 valence electrons. The van der Waals surface area contributed by atoms with Gasteiger partial charge in [-0.05, 0) is 50.9 Å². The molecule has 2 aliphatic rings. The van der Waals surface area contributed by atoms with Gasteiger partial charge in [-0.2, -0.15) is 0 Å². The van der Waals surface area contributed by atoms with Crippen LogP contribution >= 0.6 is 0 Å². The Hall–Kier alpha value is -0.990. The lowest BCUT2D eigenvalue weighted by molar-refractivity contribution is 0.192. The van der Waals surface area contributed by atoms with Gasteiger partial charge in [0.1, 0.15) is 0 Å². The number of rotatable bonds is 5. The van der Waals surface area contributed by atoms with Gasteiger partial charge in [0.2, 0.25) is 0 Å². The number of carbonyl (C=O) groups is 1. The molecule has 3 heteroatoms. The zero-order valence-electron chi connectivity index (χ0n) is 13.0. The molecule has 0 aromatic heterocycles. The van der Waals surface area contributed by atoms with E-state index in [4.69, 9.17) is 0 Å². The molecular weight excluding hydrogens is 248 g/mol. The summed E-state index contributed by atoms with van der Waals surface area (Å²) in [5.41, 5.74) is 1.53. The summed E-state index contributed by atoms with van der Waals surface area (Å²) >= 11 is 0. The molecule has 2 rings (SSSR count). The van der Waals surface area contributed by atoms with Crippen molar-refractivity contribution in [2.45, 2.75) is 64.2 Å². The molecule has 0 aromatic carbocycles. The average Bonchev–Trinajstić information content (AvgIpc) is 2.49. The molecule has 20 heavy (non-hydrogen) atoms. The molecule has 0 bridgehead atoms. The van der Waals surface area contributed by atoms with Gasteiger partial charge in [-0.1, -0.05) is 30.9 Å². The topological polar surface area (TPSA) is 32.3 Å². The van der Waals surface area contributed by atoms with E-state index in [1.807, 2.05) is 11.9 Å². The van der Waals surface area contributed by atoms with Crippen LogP contribution in [0.2, 0.25) is 0 Å². The van der Waals surface area contributed by atoms with Crippen molar-refractivity contribution in [1.82, 2.24) is 10.2 Å². The van der Waals surface area contributed by atoms with Gasteiger partial charge in [-0.25, -0.2) is 4.79 Å². The van der Waals surface area contributed by atoms with E-state index >= 15 is 0 Å². The Balaban J connectivity index is 1.61. The number of urea groups is 1. The third-order valence-electron chi connectivity index (χ3n) is 4.71. The molecule has 1 saturated carbocycles. The lowest BCUT2D eigenvalue weighted by Crippen LogP contribution is -2.40. The van der Waals surface area contributed by atoms with Crippen molar-refractivity contribution in [3.05, 3.63) is 11.6 Å². The Morgan fingerprint density at radius 1 is 1.25 bits per heavy atom. The summed E-state index contributed by atoms with van der Waals surface area (Å²) in [6.07, 6.45) is 15.2. The van der Waals surface area contributed by atoms with Crippen LogP contribution in [0.5, 0.6) is 0 Å². The van der Waals surface area contributed by atoms with Gasteiger partial charge < -0.3 is 10.2 Å². The van der Waals surface area contributed by atoms with Crippen molar-refractivity contribution < 1.29 is 4.79 Å². The second-order valence-corrected chi connectivity index (χ2v) is 6.47. The number of carbonyl (C=O) groups excluding carboxylic acids is 1. The highest BCUT2D eigenvalue weighted by Gasteiger charge is 2.18. The van der Waals surface area contributed by atoms with Gasteiger partial charge in [0, 0.05) is 20.1 Å². The highest BCUT2D eigenvalue weighted by atomic mass is 16.2. The minimum atomic E-state index is 0.104. The molecule has 2 amide bonds. The molecular formula is C17H30N2O. The van der Waals surface area contributed by atoms with Crippen LogP contribution in [0.15, 0.2) is 11.6 Å². The van der Waals surface area contributed by atoms with Crippen LogP contribution in [0.3, 0.4) is 0 Å². The smallest absolute Gasteiger partial charge is 0.317 e. The van der Waals surface area contributed by atoms with Crippen molar-refractivity contribution in [2.75, 3.05) is 20.1 Å². The van der Waals surface area contributed by atoms with Gasteiger partial charge in [-0.15, -0.1) is 0 Å². The van der Waals surface area contributed by atoms with E-state index in [1.165, 1.54) is 63.4 Å². The number of hydrogen-bond acceptors (Lipinski definition) is 1. The number of hydrogen-bond donors (Lipinski definition) is 1. The third-order valence-corrected chi connectivity index (χ3v) is 4.71. The molecule has 0 spiro atoms. The van der Waals surface area contributed by atoms with Crippen LogP contribution in [-0.2, 0) is 0 Å². The second kappa shape index (κ2) is 8.33. The molecule has 0 radical (unpaired) electrons. The third kappa shape index (κ3) is 5.18. The summed E-state index contributed by atoms with van der Waals surface area (Å²) in [7, 11) is 1.93. The van der Waals surface area contributed by atoms with E-state index in [1.54, 1.807) is 0 Å². The van der Waals surface area contributed by atoms with Crippen molar-refractivity contribution >= 4 is 6.03 Å². The lowest BCUT2D eigenvalue weighted by atomic mass is 9.89. The van der Waals surface area contributed by atoms with Crippen molar-refractivity contribution in [3.8, 4) is 0 Å². The van der Waals surface area contributed by atoms with Crippen LogP contribution in [-0.4, -0.2) is 31.1 Å². The summed E-state index contributed by atoms with van der Waals surface area (Å²) in [6.45, 7) is 1.72. The van der Waals surface area contributed by atoms with Crippen LogP contribution in [0, 0.1) is 5.92 Å². The number of amides is 2. The first-order chi connectivity index (χ1) is 9.75. The summed E-state index contributed by atoms with van der Waals surface area (Å²) in [5, 5.41) is 3.07. The fourth-order valence-corrected chi connectivity index (χ4v) is 3.44. The first-order valence-electron chi connectivity index (χ1n) is 8.42. The van der Waals surface area contributed by atoms with Gasteiger partial charge in [-0.3, -0.25) is 0 Å². The predicted molar refractivity (Wildman–Crippen MR) is 83.8 cm³/mol. The van der Waals surface area contributed by atoms with Gasteiger partial charge in [0.05, 0.1) is 0 Å². The summed E-state index contributed by atoms with van der Waals surface area (Å²) in [5.74, 6) is 0.723. The Morgan fingerprint density at radius 3 is 2.75 bits per heavy atom. The summed E-state index contributed by atoms with van der Waals surface area (Å²) in [6, 6.07) is 0.104. The van der Waals surface area contributed by atoms with Crippen molar-refractivity contribution in [1.29, 1.82) is 0 Å². The standard InChI is InChI=1S/C17H30N2O/c1-19(14-16-10-6-3-7-11-16)17(20)18-13-12-15-8-4-2-5-9-15/h8,16H,2-7,9-14H2,1H3,(H,18,20). The number of nitrogens with zero attached hydrogens (tertiary/aromatic N) is 1. The van der Waals surface area contributed by atoms with Crippen LogP contribution in [0.4, 0.5) is 4.79 Å². The SMILES string of the molecule is CN(CC1CCCCC1)C(=O)NCCC1=CCCCC1. The van der Waals surface area contributed by atoms with E-state index in [0.29, 0.717) is 0 Å². The van der Waals surface area contributed by atoms with E-state index in [0.717, 1.165) is 25.4 Å². The molecule has 0 heterocycles. The van der Waals surface area contributed by atoms with Crippen LogP contribution < -0.4 is 5.32 Å². The molecule has 3 nitrogen and oxygen atoms in total. The molecule has 2 aliphatic carbocycles. The maximum absolute atomic E-state index is 12.1. The van der Waals surface area contributed by atoms with Gasteiger partial charge in [0.15, 0.2) is 0 Å². The van der Waals surface area contributed by atoms with E-state index in [9.17, 15) is 4.79 Å². The van der Waals surface area contributed by atoms with Gasteiger partial charge >= 0.3 is 6.03 Å². The van der Waals surface area contributed by atoms with Crippen molar-refractivity contribution in [2.24, 2.45) is 5.92 Å². The largest absolute Gasteiger partial charge is 0.338 e. The van der Waals surface area contributed by atoms with Crippen molar-refractivity contribution in [3.63, 3.8) is 0 Å². The first-order valence-corrected chi connectivity index (χ1v) is 8.42. The minimum Gasteiger partial charge on any atom is -0.338 e. The van der Waals surface area contributed by atoms with Crippen LogP contribution in [0.1, 0.15) is 64.2 Å². The Kier molecular flexibility index (Phi) is 6.41. The summed E-state index contributed by atoms with van der Waals surface area (Å²) < 4.78 is 0. The van der Waals surface area contributed by atoms with Crippen LogP contribution in [0.25, 0.3) is 0 Å². The van der Waals surface area contributed by atoms with E-state index in [2.05, 4.69) is 11.4 Å². The number of nitrogens with one attached hydrogen (secondary N) is 1. The molecule has 1 fully saturated rings. The Labute approximate surface area is 123 Å². The fourth-order valence-electron chi connectivity index (χ4n) is 3.44. The second-order valence-electron chi connectivity index (χ2n) is 6.47. The van der Waals surface area contributed by atoms with E-state index < -0.39 is 0 Å². The molecule has 0 saturated heterocycles. The maximum Gasteiger partial charge on any atom is 0.317 e. The first kappa shape index (κ1) is 15.4. The fraction of sp³-hybridized carbons (Fsp3) is 0.824. The molecule has 0 aromatic rings. The molecule has 1 N–H and O–H groups in total. The molecule has 0 aliphatic heterocycles. The Bertz CT molecular complexity index is 332. The average molecular weight is 278 g/mol. The lowest BCUT2D eigenvalue weighted by Gasteiger charge is -2.27. The summed E-state index contributed by atoms with van der Waals surface area (Å²) in [4.78, 5) is 13.9. The normalized spacial score (nSPS) is 20.4. The minimum absolute atomic E-state index is 0.104. The zero-order chi connectivity index (χ0) is 14.2. The molecule has 0 atom stereocenters. The number of allylic oxidation sites excluding steroid dienone is 1. The highest BCUT2D eigenvalue weighted by Crippen LogP contribution is 2.24. The highest BCUT2D eigenvalue weighted by molar-refractivity contribution is 5.73. The molecule has 0 unspecified atom stereocenters. The predicted octanol–water partition coefficient (Wildman–Crippen LogP) is 4.10. The maximum atomic E-state index is 12.1. The quantitative estimate of drug-likeness (QED) is 0.754. The Morgan fingerprint density at radius 2 is 2.05 bits per heavy atom. The zero-order valence-corrected chi connectivity index (χ0v) is 13.0.